The minimum Gasteiger partial charge on any atom is -0.489 e. The first-order valence-corrected chi connectivity index (χ1v) is 10.3. The van der Waals surface area contributed by atoms with Crippen LogP contribution in [0.1, 0.15) is 47.2 Å². The van der Waals surface area contributed by atoms with Gasteiger partial charge in [0.05, 0.1) is 0 Å². The zero-order valence-corrected chi connectivity index (χ0v) is 17.4. The smallest absolute Gasteiger partial charge is 0.251 e. The Kier molecular flexibility index (Phi) is 7.71. The topological polar surface area (TPSA) is 38.3 Å². The van der Waals surface area contributed by atoms with Gasteiger partial charge in [0, 0.05) is 23.0 Å². The Balaban J connectivity index is 1.53. The van der Waals surface area contributed by atoms with Crippen molar-refractivity contribution >= 4 is 17.5 Å². The van der Waals surface area contributed by atoms with Crippen LogP contribution in [-0.2, 0) is 6.61 Å². The Bertz CT molecular complexity index is 892. The Morgan fingerprint density at radius 2 is 1.66 bits per heavy atom. The molecule has 1 atom stereocenters. The Labute approximate surface area is 177 Å². The number of carbonyl (C=O) groups is 1. The molecule has 0 fully saturated rings. The second-order valence-corrected chi connectivity index (χ2v) is 7.48. The molecule has 3 aromatic rings. The molecule has 1 amide bonds. The average Bonchev–Trinajstić information content (AvgIpc) is 2.77. The van der Waals surface area contributed by atoms with Gasteiger partial charge < -0.3 is 10.1 Å². The number of carbonyl (C=O) groups excluding carboxylic acids is 1. The molecule has 0 aromatic heterocycles. The van der Waals surface area contributed by atoms with Gasteiger partial charge >= 0.3 is 0 Å². The summed E-state index contributed by atoms with van der Waals surface area (Å²) < 4.78 is 5.78. The summed E-state index contributed by atoms with van der Waals surface area (Å²) in [5.41, 5.74) is 2.94. The highest BCUT2D eigenvalue weighted by atomic mass is 35.5. The van der Waals surface area contributed by atoms with E-state index in [1.165, 1.54) is 5.56 Å². The molecule has 0 heterocycles. The van der Waals surface area contributed by atoms with Crippen molar-refractivity contribution in [1.29, 1.82) is 0 Å². The summed E-state index contributed by atoms with van der Waals surface area (Å²) >= 11 is 5.89. The molecule has 0 saturated heterocycles. The van der Waals surface area contributed by atoms with Crippen LogP contribution in [0.2, 0.25) is 5.02 Å². The van der Waals surface area contributed by atoms with E-state index in [1.54, 1.807) is 12.1 Å². The van der Waals surface area contributed by atoms with Gasteiger partial charge in [-0.25, -0.2) is 0 Å². The lowest BCUT2D eigenvalue weighted by molar-refractivity contribution is 0.0950. The number of rotatable bonds is 9. The maximum Gasteiger partial charge on any atom is 0.251 e. The second-order valence-electron chi connectivity index (χ2n) is 7.05. The number of nitrogens with one attached hydrogen (secondary N) is 1. The first-order valence-electron chi connectivity index (χ1n) is 9.96. The van der Waals surface area contributed by atoms with E-state index >= 15 is 0 Å². The molecule has 0 saturated carbocycles. The van der Waals surface area contributed by atoms with Gasteiger partial charge in [0.2, 0.25) is 0 Å². The Morgan fingerprint density at radius 1 is 0.966 bits per heavy atom. The summed E-state index contributed by atoms with van der Waals surface area (Å²) in [5, 5.41) is 3.78. The van der Waals surface area contributed by atoms with E-state index in [2.05, 4.69) is 24.4 Å². The summed E-state index contributed by atoms with van der Waals surface area (Å²) in [6.45, 7) is 3.25. The molecule has 0 radical (unpaired) electrons. The van der Waals surface area contributed by atoms with Crippen molar-refractivity contribution in [3.8, 4) is 5.75 Å². The standard InChI is InChI=1S/C25H26ClNO2/c1-2-6-22(20-7-4-3-5-8-20)17-27-25(28)21-11-15-24(16-12-21)29-18-19-9-13-23(26)14-10-19/h3-5,7-16,22H,2,6,17-18H2,1H3,(H,27,28). The van der Waals surface area contributed by atoms with Gasteiger partial charge in [0.1, 0.15) is 12.4 Å². The molecule has 3 aromatic carbocycles. The van der Waals surface area contributed by atoms with E-state index in [4.69, 9.17) is 16.3 Å². The lowest BCUT2D eigenvalue weighted by atomic mass is 9.94. The molecule has 4 heteroatoms. The Hall–Kier alpha value is -2.78. The van der Waals surface area contributed by atoms with E-state index in [0.29, 0.717) is 29.7 Å². The van der Waals surface area contributed by atoms with Crippen molar-refractivity contribution in [3.63, 3.8) is 0 Å². The first kappa shape index (κ1) is 20.9. The summed E-state index contributed by atoms with van der Waals surface area (Å²) in [6, 6.07) is 25.1. The largest absolute Gasteiger partial charge is 0.489 e. The highest BCUT2D eigenvalue weighted by Crippen LogP contribution is 2.21. The predicted octanol–water partition coefficient (Wildman–Crippen LogP) is 6.23. The van der Waals surface area contributed by atoms with Crippen LogP contribution in [-0.4, -0.2) is 12.5 Å². The minimum absolute atomic E-state index is 0.0636. The van der Waals surface area contributed by atoms with Crippen LogP contribution in [0.25, 0.3) is 0 Å². The Morgan fingerprint density at radius 3 is 2.31 bits per heavy atom. The minimum atomic E-state index is -0.0636. The fraction of sp³-hybridized carbons (Fsp3) is 0.240. The van der Waals surface area contributed by atoms with Gasteiger partial charge in [-0.3, -0.25) is 4.79 Å². The molecular formula is C25H26ClNO2. The molecular weight excluding hydrogens is 382 g/mol. The second kappa shape index (κ2) is 10.7. The van der Waals surface area contributed by atoms with E-state index < -0.39 is 0 Å². The molecule has 3 nitrogen and oxygen atoms in total. The van der Waals surface area contributed by atoms with Crippen LogP contribution in [0.5, 0.6) is 5.75 Å². The van der Waals surface area contributed by atoms with Gasteiger partial charge in [-0.2, -0.15) is 0 Å². The van der Waals surface area contributed by atoms with Crippen LogP contribution in [0, 0.1) is 0 Å². The maximum atomic E-state index is 12.5. The maximum absolute atomic E-state index is 12.5. The average molecular weight is 408 g/mol. The number of amides is 1. The van der Waals surface area contributed by atoms with Crippen LogP contribution in [0.4, 0.5) is 0 Å². The number of hydrogen-bond donors (Lipinski definition) is 1. The molecule has 3 rings (SSSR count). The summed E-state index contributed by atoms with van der Waals surface area (Å²) in [7, 11) is 0. The van der Waals surface area contributed by atoms with Gasteiger partial charge in [-0.05, 0) is 53.9 Å². The van der Waals surface area contributed by atoms with Crippen molar-refractivity contribution in [2.75, 3.05) is 6.54 Å². The monoisotopic (exact) mass is 407 g/mol. The summed E-state index contributed by atoms with van der Waals surface area (Å²) in [5.74, 6) is 0.989. The molecule has 0 bridgehead atoms. The van der Waals surface area contributed by atoms with Crippen molar-refractivity contribution in [2.24, 2.45) is 0 Å². The molecule has 0 aliphatic carbocycles. The molecule has 29 heavy (non-hydrogen) atoms. The van der Waals surface area contributed by atoms with Crippen molar-refractivity contribution in [2.45, 2.75) is 32.3 Å². The van der Waals surface area contributed by atoms with Gasteiger partial charge in [-0.15, -0.1) is 0 Å². The zero-order valence-electron chi connectivity index (χ0n) is 16.6. The predicted molar refractivity (Wildman–Crippen MR) is 119 cm³/mol. The number of hydrogen-bond acceptors (Lipinski definition) is 2. The normalized spacial score (nSPS) is 11.7. The molecule has 0 aliphatic rings. The molecule has 1 N–H and O–H groups in total. The summed E-state index contributed by atoms with van der Waals surface area (Å²) in [4.78, 5) is 12.5. The molecule has 0 aliphatic heterocycles. The number of halogens is 1. The van der Waals surface area contributed by atoms with Crippen molar-refractivity contribution in [3.05, 3.63) is 101 Å². The highest BCUT2D eigenvalue weighted by molar-refractivity contribution is 6.30. The van der Waals surface area contributed by atoms with Crippen molar-refractivity contribution < 1.29 is 9.53 Å². The van der Waals surface area contributed by atoms with E-state index in [1.807, 2.05) is 54.6 Å². The lowest BCUT2D eigenvalue weighted by Gasteiger charge is -2.17. The van der Waals surface area contributed by atoms with Crippen molar-refractivity contribution in [1.82, 2.24) is 5.32 Å². The van der Waals surface area contributed by atoms with Crippen LogP contribution in [0.3, 0.4) is 0 Å². The van der Waals surface area contributed by atoms with Crippen LogP contribution < -0.4 is 10.1 Å². The number of ether oxygens (including phenoxy) is 1. The molecule has 0 spiro atoms. The summed E-state index contributed by atoms with van der Waals surface area (Å²) in [6.07, 6.45) is 2.12. The SMILES string of the molecule is CCCC(CNC(=O)c1ccc(OCc2ccc(Cl)cc2)cc1)c1ccccc1. The van der Waals surface area contributed by atoms with E-state index in [0.717, 1.165) is 24.2 Å². The fourth-order valence-corrected chi connectivity index (χ4v) is 3.35. The molecule has 150 valence electrons. The van der Waals surface area contributed by atoms with Gasteiger partial charge in [0.15, 0.2) is 0 Å². The number of benzene rings is 3. The van der Waals surface area contributed by atoms with E-state index in [-0.39, 0.29) is 5.91 Å². The highest BCUT2D eigenvalue weighted by Gasteiger charge is 2.13. The fourth-order valence-electron chi connectivity index (χ4n) is 3.23. The quantitative estimate of drug-likeness (QED) is 0.456. The third kappa shape index (κ3) is 6.37. The van der Waals surface area contributed by atoms with E-state index in [9.17, 15) is 4.79 Å². The van der Waals surface area contributed by atoms with Gasteiger partial charge in [-0.1, -0.05) is 67.4 Å². The third-order valence-corrected chi connectivity index (χ3v) is 5.10. The van der Waals surface area contributed by atoms with Crippen LogP contribution >= 0.6 is 11.6 Å². The lowest BCUT2D eigenvalue weighted by Crippen LogP contribution is -2.28. The third-order valence-electron chi connectivity index (χ3n) is 4.85. The first-order chi connectivity index (χ1) is 14.2. The molecule has 1 unspecified atom stereocenters. The zero-order chi connectivity index (χ0) is 20.5. The van der Waals surface area contributed by atoms with Crippen LogP contribution in [0.15, 0.2) is 78.9 Å². The van der Waals surface area contributed by atoms with Gasteiger partial charge in [0.25, 0.3) is 5.91 Å².